The molecular formula is C9H13BrN2O. The van der Waals surface area contributed by atoms with Gasteiger partial charge in [0.2, 0.25) is 0 Å². The van der Waals surface area contributed by atoms with Crippen molar-refractivity contribution in [2.24, 2.45) is 5.73 Å². The van der Waals surface area contributed by atoms with E-state index in [0.29, 0.717) is 12.0 Å². The van der Waals surface area contributed by atoms with Crippen LogP contribution < -0.4 is 5.73 Å². The molecule has 1 aromatic rings. The van der Waals surface area contributed by atoms with Crippen LogP contribution in [-0.4, -0.2) is 11.0 Å². The van der Waals surface area contributed by atoms with E-state index in [1.165, 1.54) is 0 Å². The smallest absolute Gasteiger partial charge is 0.198 e. The van der Waals surface area contributed by atoms with Crippen LogP contribution >= 0.6 is 15.9 Å². The van der Waals surface area contributed by atoms with Gasteiger partial charge in [0, 0.05) is 12.0 Å². The number of halogens is 1. The molecule has 0 aromatic carbocycles. The summed E-state index contributed by atoms with van der Waals surface area (Å²) in [6.07, 6.45) is 6.10. The first-order chi connectivity index (χ1) is 6.25. The molecule has 1 aliphatic rings. The summed E-state index contributed by atoms with van der Waals surface area (Å²) in [5.41, 5.74) is 5.82. The molecule has 0 bridgehead atoms. The summed E-state index contributed by atoms with van der Waals surface area (Å²) in [6, 6.07) is 0.384. The molecule has 2 rings (SSSR count). The Kier molecular flexibility index (Phi) is 2.69. The molecule has 13 heavy (non-hydrogen) atoms. The number of rotatable bonds is 1. The van der Waals surface area contributed by atoms with Gasteiger partial charge in [-0.15, -0.1) is 0 Å². The first-order valence-electron chi connectivity index (χ1n) is 4.62. The van der Waals surface area contributed by atoms with E-state index in [2.05, 4.69) is 20.9 Å². The van der Waals surface area contributed by atoms with E-state index in [9.17, 15) is 0 Å². The maximum Gasteiger partial charge on any atom is 0.198 e. The van der Waals surface area contributed by atoms with Crippen LogP contribution in [0.15, 0.2) is 15.3 Å². The number of nitrogens with zero attached hydrogens (tertiary/aromatic N) is 1. The van der Waals surface area contributed by atoms with Gasteiger partial charge in [-0.2, -0.15) is 0 Å². The minimum absolute atomic E-state index is 0.384. The molecule has 4 heteroatoms. The van der Waals surface area contributed by atoms with E-state index in [0.717, 1.165) is 36.2 Å². The molecule has 1 saturated carbocycles. The van der Waals surface area contributed by atoms with Crippen molar-refractivity contribution in [2.45, 2.75) is 37.6 Å². The quantitative estimate of drug-likeness (QED) is 0.826. The lowest BCUT2D eigenvalue weighted by molar-refractivity contribution is 0.334. The van der Waals surface area contributed by atoms with Crippen LogP contribution in [-0.2, 0) is 0 Å². The Morgan fingerprint density at radius 3 is 2.62 bits per heavy atom. The van der Waals surface area contributed by atoms with Gasteiger partial charge in [0.25, 0.3) is 0 Å². The van der Waals surface area contributed by atoms with E-state index >= 15 is 0 Å². The minimum atomic E-state index is 0.384. The minimum Gasteiger partial charge on any atom is -0.434 e. The second kappa shape index (κ2) is 3.80. The molecule has 0 unspecified atom stereocenters. The molecule has 0 saturated heterocycles. The Morgan fingerprint density at radius 1 is 1.38 bits per heavy atom. The molecule has 2 N–H and O–H groups in total. The summed E-state index contributed by atoms with van der Waals surface area (Å²) < 4.78 is 6.14. The van der Waals surface area contributed by atoms with Gasteiger partial charge >= 0.3 is 0 Å². The number of aromatic nitrogens is 1. The molecule has 0 radical (unpaired) electrons. The predicted octanol–water partition coefficient (Wildman–Crippen LogP) is 2.42. The molecule has 0 atom stereocenters. The van der Waals surface area contributed by atoms with Crippen molar-refractivity contribution in [3.63, 3.8) is 0 Å². The van der Waals surface area contributed by atoms with Crippen LogP contribution in [0.4, 0.5) is 0 Å². The first-order valence-corrected chi connectivity index (χ1v) is 5.42. The topological polar surface area (TPSA) is 52.0 Å². The fourth-order valence-corrected chi connectivity index (χ4v) is 2.09. The lowest BCUT2D eigenvalue weighted by Gasteiger charge is -2.23. The largest absolute Gasteiger partial charge is 0.434 e. The van der Waals surface area contributed by atoms with Crippen LogP contribution in [0.3, 0.4) is 0 Å². The van der Waals surface area contributed by atoms with E-state index < -0.39 is 0 Å². The summed E-state index contributed by atoms with van der Waals surface area (Å²) >= 11 is 3.26. The summed E-state index contributed by atoms with van der Waals surface area (Å²) in [4.78, 5) is 4.21. The second-order valence-electron chi connectivity index (χ2n) is 3.61. The molecule has 1 fully saturated rings. The third kappa shape index (κ3) is 2.11. The highest BCUT2D eigenvalue weighted by Crippen LogP contribution is 2.32. The van der Waals surface area contributed by atoms with Gasteiger partial charge in [0.1, 0.15) is 0 Å². The van der Waals surface area contributed by atoms with Crippen molar-refractivity contribution in [2.75, 3.05) is 0 Å². The van der Waals surface area contributed by atoms with Crippen molar-refractivity contribution in [3.05, 3.63) is 16.8 Å². The third-order valence-electron chi connectivity index (χ3n) is 2.62. The Balaban J connectivity index is 2.02. The van der Waals surface area contributed by atoms with Crippen molar-refractivity contribution in [1.29, 1.82) is 0 Å². The maximum atomic E-state index is 5.82. The van der Waals surface area contributed by atoms with Crippen molar-refractivity contribution in [3.8, 4) is 0 Å². The Labute approximate surface area is 85.8 Å². The average molecular weight is 245 g/mol. The number of hydrogen-bond acceptors (Lipinski definition) is 3. The zero-order chi connectivity index (χ0) is 9.26. The summed E-state index contributed by atoms with van der Waals surface area (Å²) in [6.45, 7) is 0. The fourth-order valence-electron chi connectivity index (χ4n) is 1.82. The Bertz CT molecular complexity index is 279. The van der Waals surface area contributed by atoms with Crippen LogP contribution in [0.25, 0.3) is 0 Å². The van der Waals surface area contributed by atoms with Crippen molar-refractivity contribution < 1.29 is 4.42 Å². The zero-order valence-corrected chi connectivity index (χ0v) is 8.96. The lowest BCUT2D eigenvalue weighted by Crippen LogP contribution is -2.25. The number of oxazole rings is 1. The molecular weight excluding hydrogens is 232 g/mol. The molecule has 1 aromatic heterocycles. The van der Waals surface area contributed by atoms with Crippen molar-refractivity contribution >= 4 is 15.9 Å². The zero-order valence-electron chi connectivity index (χ0n) is 7.37. The van der Waals surface area contributed by atoms with Gasteiger partial charge in [0.15, 0.2) is 10.6 Å². The van der Waals surface area contributed by atoms with E-state index in [1.54, 1.807) is 6.20 Å². The maximum absolute atomic E-state index is 5.82. The highest BCUT2D eigenvalue weighted by atomic mass is 79.9. The number of hydrogen-bond donors (Lipinski definition) is 1. The molecule has 1 heterocycles. The van der Waals surface area contributed by atoms with Crippen LogP contribution in [0.5, 0.6) is 0 Å². The summed E-state index contributed by atoms with van der Waals surface area (Å²) in [5.74, 6) is 1.34. The summed E-state index contributed by atoms with van der Waals surface area (Å²) in [5, 5.41) is 0. The molecule has 0 amide bonds. The molecule has 3 nitrogen and oxygen atoms in total. The standard InChI is InChI=1S/C9H13BrN2O/c10-8-5-12-9(13-8)6-1-3-7(11)4-2-6/h5-7H,1-4,11H2. The van der Waals surface area contributed by atoms with Gasteiger partial charge in [-0.3, -0.25) is 0 Å². The highest BCUT2D eigenvalue weighted by molar-refractivity contribution is 9.10. The van der Waals surface area contributed by atoms with E-state index in [4.69, 9.17) is 10.2 Å². The van der Waals surface area contributed by atoms with Crippen molar-refractivity contribution in [1.82, 2.24) is 4.98 Å². The van der Waals surface area contributed by atoms with Crippen LogP contribution in [0.2, 0.25) is 0 Å². The van der Waals surface area contributed by atoms with Gasteiger partial charge in [0.05, 0.1) is 6.20 Å². The van der Waals surface area contributed by atoms with Gasteiger partial charge < -0.3 is 10.2 Å². The predicted molar refractivity (Wildman–Crippen MR) is 53.4 cm³/mol. The molecule has 0 aliphatic heterocycles. The first kappa shape index (κ1) is 9.21. The van der Waals surface area contributed by atoms with E-state index in [-0.39, 0.29) is 0 Å². The third-order valence-corrected chi connectivity index (χ3v) is 2.98. The summed E-state index contributed by atoms with van der Waals surface area (Å²) in [7, 11) is 0. The number of nitrogens with two attached hydrogens (primary N) is 1. The molecule has 0 spiro atoms. The fraction of sp³-hybridized carbons (Fsp3) is 0.667. The monoisotopic (exact) mass is 244 g/mol. The van der Waals surface area contributed by atoms with Gasteiger partial charge in [-0.25, -0.2) is 4.98 Å². The van der Waals surface area contributed by atoms with Crippen LogP contribution in [0.1, 0.15) is 37.5 Å². The highest BCUT2D eigenvalue weighted by Gasteiger charge is 2.23. The second-order valence-corrected chi connectivity index (χ2v) is 4.40. The normalized spacial score (nSPS) is 29.1. The molecule has 1 aliphatic carbocycles. The lowest BCUT2D eigenvalue weighted by atomic mass is 9.86. The van der Waals surface area contributed by atoms with Gasteiger partial charge in [-0.05, 0) is 41.6 Å². The Hall–Kier alpha value is -0.350. The SMILES string of the molecule is NC1CCC(c2ncc(Br)o2)CC1. The molecule has 72 valence electrons. The van der Waals surface area contributed by atoms with Gasteiger partial charge in [-0.1, -0.05) is 0 Å². The Morgan fingerprint density at radius 2 is 2.08 bits per heavy atom. The average Bonchev–Trinajstić information content (AvgIpc) is 2.53. The van der Waals surface area contributed by atoms with Crippen LogP contribution in [0, 0.1) is 0 Å². The van der Waals surface area contributed by atoms with E-state index in [1.807, 2.05) is 0 Å².